The van der Waals surface area contributed by atoms with E-state index in [4.69, 9.17) is 14.9 Å². The Kier molecular flexibility index (Phi) is 8.03. The second kappa shape index (κ2) is 8.69. The van der Waals surface area contributed by atoms with Crippen molar-refractivity contribution in [3.05, 3.63) is 12.2 Å². The van der Waals surface area contributed by atoms with Crippen LogP contribution in [0.15, 0.2) is 12.2 Å². The van der Waals surface area contributed by atoms with E-state index in [2.05, 4.69) is 6.58 Å². The van der Waals surface area contributed by atoms with Crippen molar-refractivity contribution < 1.29 is 24.5 Å². The van der Waals surface area contributed by atoms with Gasteiger partial charge in [0.2, 0.25) is 0 Å². The Hall–Kier alpha value is -1.36. The van der Waals surface area contributed by atoms with Crippen molar-refractivity contribution in [1.29, 1.82) is 0 Å². The Morgan fingerprint density at radius 3 is 2.17 bits per heavy atom. The molecule has 0 aromatic rings. The summed E-state index contributed by atoms with van der Waals surface area (Å²) in [6.07, 6.45) is 2.30. The highest BCUT2D eigenvalue weighted by Gasteiger charge is 2.35. The Labute approximate surface area is 107 Å². The molecule has 0 radical (unpaired) electrons. The lowest BCUT2D eigenvalue weighted by atomic mass is 9.97. The summed E-state index contributed by atoms with van der Waals surface area (Å²) in [5.74, 6) is -4.22. The molecule has 0 fully saturated rings. The van der Waals surface area contributed by atoms with Gasteiger partial charge in [-0.2, -0.15) is 0 Å². The van der Waals surface area contributed by atoms with Crippen LogP contribution in [-0.2, 0) is 14.3 Å². The Morgan fingerprint density at radius 2 is 1.78 bits per heavy atom. The molecule has 0 rings (SSSR count). The summed E-state index contributed by atoms with van der Waals surface area (Å²) in [6, 6.07) is 0. The van der Waals surface area contributed by atoms with E-state index >= 15 is 0 Å². The molecule has 0 aromatic carbocycles. The average Bonchev–Trinajstić information content (AvgIpc) is 2.24. The monoisotopic (exact) mass is 258 g/mol. The van der Waals surface area contributed by atoms with E-state index < -0.39 is 24.0 Å². The first kappa shape index (κ1) is 16.6. The lowest BCUT2D eigenvalue weighted by molar-refractivity contribution is -0.162. The van der Waals surface area contributed by atoms with E-state index in [1.165, 1.54) is 0 Å². The third-order valence-corrected chi connectivity index (χ3v) is 2.54. The molecule has 5 nitrogen and oxygen atoms in total. The van der Waals surface area contributed by atoms with Crippen LogP contribution in [0.2, 0.25) is 0 Å². The number of ether oxygens (including phenoxy) is 1. The van der Waals surface area contributed by atoms with Crippen molar-refractivity contribution in [2.75, 3.05) is 6.61 Å². The first-order valence-corrected chi connectivity index (χ1v) is 6.11. The van der Waals surface area contributed by atoms with Gasteiger partial charge in [0.05, 0.1) is 12.7 Å². The summed E-state index contributed by atoms with van der Waals surface area (Å²) in [6.45, 7) is 7.61. The molecule has 0 aliphatic carbocycles. The number of hydrogen-bond acceptors (Lipinski definition) is 3. The fraction of sp³-hybridized carbons (Fsp3) is 0.692. The Morgan fingerprint density at radius 1 is 1.22 bits per heavy atom. The molecule has 0 aliphatic heterocycles. The second-order valence-electron chi connectivity index (χ2n) is 4.46. The summed E-state index contributed by atoms with van der Waals surface area (Å²) in [5.41, 5.74) is 0.741. The molecule has 104 valence electrons. The maximum Gasteiger partial charge on any atom is 0.320 e. The van der Waals surface area contributed by atoms with E-state index in [1.807, 2.05) is 6.92 Å². The molecule has 0 saturated heterocycles. The van der Waals surface area contributed by atoms with Crippen molar-refractivity contribution in [3.63, 3.8) is 0 Å². The normalized spacial score (nSPS) is 12.4. The maximum atomic E-state index is 11.0. The fourth-order valence-corrected chi connectivity index (χ4v) is 1.61. The van der Waals surface area contributed by atoms with Crippen molar-refractivity contribution in [3.8, 4) is 0 Å². The SMILES string of the molecule is C=C(C)COC(CCCCC)C(C(=O)O)C(=O)O. The smallest absolute Gasteiger partial charge is 0.320 e. The van der Waals surface area contributed by atoms with Crippen LogP contribution in [0.3, 0.4) is 0 Å². The van der Waals surface area contributed by atoms with Crippen molar-refractivity contribution in [2.24, 2.45) is 5.92 Å². The van der Waals surface area contributed by atoms with Gasteiger partial charge in [0, 0.05) is 0 Å². The van der Waals surface area contributed by atoms with Crippen molar-refractivity contribution >= 4 is 11.9 Å². The van der Waals surface area contributed by atoms with E-state index in [0.29, 0.717) is 6.42 Å². The largest absolute Gasteiger partial charge is 0.481 e. The van der Waals surface area contributed by atoms with Crippen LogP contribution in [0.5, 0.6) is 0 Å². The molecule has 1 unspecified atom stereocenters. The first-order valence-electron chi connectivity index (χ1n) is 6.11. The second-order valence-corrected chi connectivity index (χ2v) is 4.46. The van der Waals surface area contributed by atoms with E-state index in [-0.39, 0.29) is 6.61 Å². The molecule has 0 heterocycles. The van der Waals surface area contributed by atoms with Gasteiger partial charge in [0.1, 0.15) is 0 Å². The molecule has 18 heavy (non-hydrogen) atoms. The molecule has 2 N–H and O–H groups in total. The predicted octanol–water partition coefficient (Wildman–Crippen LogP) is 2.31. The Balaban J connectivity index is 4.63. The molecule has 0 aromatic heterocycles. The lowest BCUT2D eigenvalue weighted by Gasteiger charge is -2.21. The van der Waals surface area contributed by atoms with Gasteiger partial charge in [0.25, 0.3) is 0 Å². The minimum atomic E-state index is -1.51. The zero-order valence-electron chi connectivity index (χ0n) is 11.0. The zero-order chi connectivity index (χ0) is 14.1. The van der Waals surface area contributed by atoms with Crippen LogP contribution in [-0.4, -0.2) is 34.9 Å². The molecule has 5 heteroatoms. The van der Waals surface area contributed by atoms with Crippen LogP contribution in [0.1, 0.15) is 39.5 Å². The molecule has 0 saturated carbocycles. The van der Waals surface area contributed by atoms with Crippen molar-refractivity contribution in [1.82, 2.24) is 0 Å². The van der Waals surface area contributed by atoms with Gasteiger partial charge < -0.3 is 14.9 Å². The van der Waals surface area contributed by atoms with Crippen LogP contribution in [0, 0.1) is 5.92 Å². The van der Waals surface area contributed by atoms with Gasteiger partial charge in [-0.1, -0.05) is 38.3 Å². The number of unbranched alkanes of at least 4 members (excludes halogenated alkanes) is 2. The Bertz CT molecular complexity index is 284. The van der Waals surface area contributed by atoms with E-state index in [0.717, 1.165) is 24.8 Å². The van der Waals surface area contributed by atoms with Crippen LogP contribution < -0.4 is 0 Å². The summed E-state index contributed by atoms with van der Waals surface area (Å²) in [5, 5.41) is 17.9. The minimum Gasteiger partial charge on any atom is -0.481 e. The molecular weight excluding hydrogens is 236 g/mol. The third kappa shape index (κ3) is 6.39. The zero-order valence-corrected chi connectivity index (χ0v) is 11.0. The number of carboxylic acids is 2. The first-order chi connectivity index (χ1) is 8.40. The number of rotatable bonds is 10. The molecule has 0 amide bonds. The van der Waals surface area contributed by atoms with Gasteiger partial charge in [-0.25, -0.2) is 0 Å². The number of carbonyl (C=O) groups is 2. The number of hydrogen-bond donors (Lipinski definition) is 2. The number of aliphatic carboxylic acids is 2. The van der Waals surface area contributed by atoms with Crippen molar-refractivity contribution in [2.45, 2.75) is 45.6 Å². The van der Waals surface area contributed by atoms with Gasteiger partial charge in [-0.3, -0.25) is 9.59 Å². The van der Waals surface area contributed by atoms with E-state index in [1.54, 1.807) is 6.92 Å². The van der Waals surface area contributed by atoms with Crippen LogP contribution in [0.4, 0.5) is 0 Å². The quantitative estimate of drug-likeness (QED) is 0.357. The lowest BCUT2D eigenvalue weighted by Crippen LogP contribution is -2.37. The maximum absolute atomic E-state index is 11.0. The molecular formula is C13H22O5. The molecule has 0 spiro atoms. The molecule has 0 aliphatic rings. The molecule has 1 atom stereocenters. The third-order valence-electron chi connectivity index (χ3n) is 2.54. The summed E-state index contributed by atoms with van der Waals surface area (Å²) in [4.78, 5) is 22.0. The van der Waals surface area contributed by atoms with Gasteiger partial charge in [-0.05, 0) is 13.3 Å². The minimum absolute atomic E-state index is 0.188. The van der Waals surface area contributed by atoms with Crippen LogP contribution >= 0.6 is 0 Å². The summed E-state index contributed by atoms with van der Waals surface area (Å²) >= 11 is 0. The summed E-state index contributed by atoms with van der Waals surface area (Å²) in [7, 11) is 0. The van der Waals surface area contributed by atoms with Gasteiger partial charge in [0.15, 0.2) is 5.92 Å². The van der Waals surface area contributed by atoms with Gasteiger partial charge >= 0.3 is 11.9 Å². The van der Waals surface area contributed by atoms with E-state index in [9.17, 15) is 9.59 Å². The molecule has 0 bridgehead atoms. The predicted molar refractivity (Wildman–Crippen MR) is 67.5 cm³/mol. The fourth-order valence-electron chi connectivity index (χ4n) is 1.61. The number of carboxylic acid groups (broad SMARTS) is 2. The summed E-state index contributed by atoms with van der Waals surface area (Å²) < 4.78 is 5.37. The topological polar surface area (TPSA) is 83.8 Å². The standard InChI is InChI=1S/C13H22O5/c1-4-5-6-7-10(18-8-9(2)3)11(12(14)15)13(16)17/h10-11H,2,4-8H2,1,3H3,(H,14,15)(H,16,17). The highest BCUT2D eigenvalue weighted by atomic mass is 16.5. The highest BCUT2D eigenvalue weighted by Crippen LogP contribution is 2.17. The average molecular weight is 258 g/mol. The van der Waals surface area contributed by atoms with Gasteiger partial charge in [-0.15, -0.1) is 0 Å². The highest BCUT2D eigenvalue weighted by molar-refractivity contribution is 5.93. The van der Waals surface area contributed by atoms with Crippen LogP contribution in [0.25, 0.3) is 0 Å².